The molecule has 0 fully saturated rings. The van der Waals surface area contributed by atoms with Crippen LogP contribution < -0.4 is 5.73 Å². The Morgan fingerprint density at radius 3 is 2.15 bits per heavy atom. The molecule has 0 spiro atoms. The molecule has 0 aliphatic carbocycles. The Hall–Kier alpha value is -0.910. The van der Waals surface area contributed by atoms with Crippen molar-refractivity contribution < 1.29 is 29.3 Å². The third-order valence-electron chi connectivity index (χ3n) is 1.18. The maximum Gasteiger partial charge on any atom is 0.321 e. The van der Waals surface area contributed by atoms with E-state index in [1.807, 2.05) is 0 Å². The number of nitrogens with two attached hydrogens (primary N) is 1. The fourth-order valence-corrected chi connectivity index (χ4v) is 1.98. The third kappa shape index (κ3) is 5.35. The van der Waals surface area contributed by atoms with Crippen LogP contribution in [0.25, 0.3) is 0 Å². The van der Waals surface area contributed by atoms with Crippen molar-refractivity contribution in [3.05, 3.63) is 0 Å². The largest absolute Gasteiger partial charge is 0.481 e. The molecule has 0 saturated heterocycles. The maximum absolute atomic E-state index is 11.0. The van der Waals surface area contributed by atoms with Crippen molar-refractivity contribution in [3.63, 3.8) is 0 Å². The van der Waals surface area contributed by atoms with Gasteiger partial charge < -0.3 is 20.8 Å². The van der Waals surface area contributed by atoms with Gasteiger partial charge in [-0.15, -0.1) is 0 Å². The first-order valence-corrected chi connectivity index (χ1v) is 5.28. The molecule has 0 heterocycles. The van der Waals surface area contributed by atoms with Crippen LogP contribution in [0.3, 0.4) is 0 Å². The van der Waals surface area contributed by atoms with Crippen LogP contribution >= 0.6 is 7.37 Å². The van der Waals surface area contributed by atoms with E-state index in [2.05, 4.69) is 0 Å². The Bertz CT molecular complexity index is 264. The molecule has 0 aliphatic rings. The molecule has 0 amide bonds. The smallest absolute Gasteiger partial charge is 0.321 e. The minimum absolute atomic E-state index is 0.728. The molecule has 0 aromatic heterocycles. The summed E-state index contributed by atoms with van der Waals surface area (Å²) >= 11 is 0. The maximum atomic E-state index is 11.0. The number of carbonyl (C=O) groups is 2. The van der Waals surface area contributed by atoms with Crippen LogP contribution in [-0.2, 0) is 14.2 Å². The molecular formula is C5H10NO6P. The summed E-state index contributed by atoms with van der Waals surface area (Å²) < 4.78 is 11.0. The van der Waals surface area contributed by atoms with Gasteiger partial charge in [-0.1, -0.05) is 0 Å². The average Bonchev–Trinajstić information content (AvgIpc) is 1.81. The van der Waals surface area contributed by atoms with E-state index in [4.69, 9.17) is 20.8 Å². The van der Waals surface area contributed by atoms with Crippen molar-refractivity contribution in [3.8, 4) is 0 Å². The lowest BCUT2D eigenvalue weighted by atomic mass is 10.4. The summed E-state index contributed by atoms with van der Waals surface area (Å²) in [7, 11) is -3.96. The van der Waals surface area contributed by atoms with Crippen molar-refractivity contribution in [2.75, 3.05) is 12.3 Å². The zero-order valence-electron chi connectivity index (χ0n) is 6.58. The van der Waals surface area contributed by atoms with Gasteiger partial charge in [0.1, 0.15) is 12.2 Å². The van der Waals surface area contributed by atoms with Crippen molar-refractivity contribution in [1.82, 2.24) is 0 Å². The van der Waals surface area contributed by atoms with E-state index >= 15 is 0 Å². The lowest BCUT2D eigenvalue weighted by Crippen LogP contribution is -2.34. The van der Waals surface area contributed by atoms with Gasteiger partial charge in [0.05, 0.1) is 6.16 Å². The second kappa shape index (κ2) is 4.36. The summed E-state index contributed by atoms with van der Waals surface area (Å²) in [6.45, 7) is 0. The molecule has 76 valence electrons. The van der Waals surface area contributed by atoms with Gasteiger partial charge in [-0.3, -0.25) is 14.2 Å². The van der Waals surface area contributed by atoms with Crippen LogP contribution in [0.5, 0.6) is 0 Å². The van der Waals surface area contributed by atoms with E-state index in [-0.39, 0.29) is 0 Å². The van der Waals surface area contributed by atoms with Crippen LogP contribution in [0.2, 0.25) is 0 Å². The number of aliphatic carboxylic acids is 2. The zero-order chi connectivity index (χ0) is 10.6. The van der Waals surface area contributed by atoms with Crippen LogP contribution in [0.1, 0.15) is 0 Å². The lowest BCUT2D eigenvalue weighted by Gasteiger charge is -2.11. The molecule has 0 saturated carbocycles. The van der Waals surface area contributed by atoms with Gasteiger partial charge in [0.2, 0.25) is 7.37 Å². The van der Waals surface area contributed by atoms with Gasteiger partial charge in [-0.05, 0) is 0 Å². The summed E-state index contributed by atoms with van der Waals surface area (Å²) in [5.74, 6) is -2.89. The number of carboxylic acid groups (broad SMARTS) is 2. The summed E-state index contributed by atoms with van der Waals surface area (Å²) in [6, 6.07) is -1.50. The van der Waals surface area contributed by atoms with Crippen molar-refractivity contribution in [2.45, 2.75) is 6.04 Å². The van der Waals surface area contributed by atoms with Crippen LogP contribution in [0, 0.1) is 0 Å². The van der Waals surface area contributed by atoms with E-state index in [1.165, 1.54) is 0 Å². The summed E-state index contributed by atoms with van der Waals surface area (Å²) in [6.07, 6.45) is -1.69. The van der Waals surface area contributed by atoms with E-state index in [0.29, 0.717) is 0 Å². The second-order valence-electron chi connectivity index (χ2n) is 2.53. The molecular weight excluding hydrogens is 201 g/mol. The SMILES string of the molecule is NC(CP(=O)(O)CC(=O)O)C(=O)O. The molecule has 2 atom stereocenters. The number of rotatable bonds is 5. The van der Waals surface area contributed by atoms with Crippen LogP contribution in [-0.4, -0.2) is 45.4 Å². The molecule has 7 nitrogen and oxygen atoms in total. The molecule has 2 unspecified atom stereocenters. The van der Waals surface area contributed by atoms with E-state index in [0.717, 1.165) is 0 Å². The Morgan fingerprint density at radius 1 is 1.38 bits per heavy atom. The van der Waals surface area contributed by atoms with Crippen molar-refractivity contribution in [1.29, 1.82) is 0 Å². The second-order valence-corrected chi connectivity index (χ2v) is 4.90. The standard InChI is InChI=1S/C5H10NO6P/c6-3(5(9)10)1-13(11,12)2-4(7)8/h3H,1-2,6H2,(H,7,8)(H,9,10)(H,11,12). The molecule has 8 heteroatoms. The van der Waals surface area contributed by atoms with Gasteiger partial charge in [0.25, 0.3) is 0 Å². The molecule has 0 bridgehead atoms. The quantitative estimate of drug-likeness (QED) is 0.417. The average molecular weight is 211 g/mol. The van der Waals surface area contributed by atoms with Crippen LogP contribution in [0.15, 0.2) is 0 Å². The minimum atomic E-state index is -3.96. The molecule has 0 aromatic rings. The normalized spacial score (nSPS) is 17.4. The van der Waals surface area contributed by atoms with E-state index < -0.39 is 37.7 Å². The van der Waals surface area contributed by atoms with Gasteiger partial charge >= 0.3 is 11.9 Å². The zero-order valence-corrected chi connectivity index (χ0v) is 7.48. The highest BCUT2D eigenvalue weighted by atomic mass is 31.2. The summed E-state index contributed by atoms with van der Waals surface area (Å²) in [5.41, 5.74) is 4.95. The van der Waals surface area contributed by atoms with Gasteiger partial charge in [0.15, 0.2) is 0 Å². The number of hydrogen-bond acceptors (Lipinski definition) is 4. The molecule has 13 heavy (non-hydrogen) atoms. The van der Waals surface area contributed by atoms with Crippen molar-refractivity contribution >= 4 is 19.3 Å². The predicted octanol–water partition coefficient (Wildman–Crippen LogP) is -1.25. The Morgan fingerprint density at radius 2 is 1.85 bits per heavy atom. The topological polar surface area (TPSA) is 138 Å². The molecule has 0 aliphatic heterocycles. The van der Waals surface area contributed by atoms with Gasteiger partial charge in [0, 0.05) is 0 Å². The fraction of sp³-hybridized carbons (Fsp3) is 0.600. The first kappa shape index (κ1) is 12.1. The minimum Gasteiger partial charge on any atom is -0.481 e. The first-order valence-electron chi connectivity index (χ1n) is 3.25. The van der Waals surface area contributed by atoms with E-state index in [9.17, 15) is 14.2 Å². The van der Waals surface area contributed by atoms with Crippen molar-refractivity contribution in [2.24, 2.45) is 5.73 Å². The fourth-order valence-electron chi connectivity index (χ4n) is 0.661. The first-order chi connectivity index (χ1) is 5.74. The number of hydrogen-bond donors (Lipinski definition) is 4. The molecule has 0 radical (unpaired) electrons. The molecule has 0 aromatic carbocycles. The van der Waals surface area contributed by atoms with Gasteiger partial charge in [-0.2, -0.15) is 0 Å². The molecule has 5 N–H and O–H groups in total. The highest BCUT2D eigenvalue weighted by molar-refractivity contribution is 7.59. The third-order valence-corrected chi connectivity index (χ3v) is 2.91. The van der Waals surface area contributed by atoms with Crippen LogP contribution in [0.4, 0.5) is 0 Å². The number of carboxylic acids is 2. The van der Waals surface area contributed by atoms with E-state index in [1.54, 1.807) is 0 Å². The highest BCUT2D eigenvalue weighted by Gasteiger charge is 2.28. The molecule has 0 rings (SSSR count). The summed E-state index contributed by atoms with van der Waals surface area (Å²) in [5, 5.41) is 16.5. The lowest BCUT2D eigenvalue weighted by molar-refractivity contribution is -0.138. The highest BCUT2D eigenvalue weighted by Crippen LogP contribution is 2.40. The summed E-state index contributed by atoms with van der Waals surface area (Å²) in [4.78, 5) is 29.1. The van der Waals surface area contributed by atoms with Gasteiger partial charge in [-0.25, -0.2) is 0 Å². The predicted molar refractivity (Wildman–Crippen MR) is 42.8 cm³/mol. The Kier molecular flexibility index (Phi) is 4.06. The monoisotopic (exact) mass is 211 g/mol. The Labute approximate surface area is 73.6 Å². The Balaban J connectivity index is 4.25.